The van der Waals surface area contributed by atoms with Gasteiger partial charge in [0, 0.05) is 10.7 Å². The van der Waals surface area contributed by atoms with Gasteiger partial charge in [-0.25, -0.2) is 0 Å². The Morgan fingerprint density at radius 1 is 1.20 bits per heavy atom. The van der Waals surface area contributed by atoms with Crippen LogP contribution in [0, 0.1) is 6.92 Å². The minimum atomic E-state index is 0.331. The van der Waals surface area contributed by atoms with Crippen molar-refractivity contribution in [1.29, 1.82) is 0 Å². The van der Waals surface area contributed by atoms with Crippen molar-refractivity contribution in [3.8, 4) is 5.75 Å². The van der Waals surface area contributed by atoms with Gasteiger partial charge in [-0.05, 0) is 60.7 Å². The van der Waals surface area contributed by atoms with Crippen LogP contribution in [0.3, 0.4) is 0 Å². The predicted molar refractivity (Wildman–Crippen MR) is 83.9 cm³/mol. The Bertz CT molecular complexity index is 639. The first-order valence-electron chi connectivity index (χ1n) is 6.87. The van der Waals surface area contributed by atoms with E-state index in [0.29, 0.717) is 6.04 Å². The number of ether oxygens (including phenoxy) is 1. The number of methoxy groups -OCH3 is 1. The molecule has 0 aromatic heterocycles. The average Bonchev–Trinajstić information content (AvgIpc) is 2.85. The highest BCUT2D eigenvalue weighted by molar-refractivity contribution is 6.30. The second kappa shape index (κ2) is 5.37. The maximum absolute atomic E-state index is 6.09. The number of nitrogens with one attached hydrogen (secondary N) is 1. The maximum atomic E-state index is 6.09. The summed E-state index contributed by atoms with van der Waals surface area (Å²) in [7, 11) is 1.71. The molecule has 0 heterocycles. The molecule has 0 radical (unpaired) electrons. The quantitative estimate of drug-likeness (QED) is 0.879. The van der Waals surface area contributed by atoms with Gasteiger partial charge in [0.1, 0.15) is 5.75 Å². The third-order valence-corrected chi connectivity index (χ3v) is 4.20. The zero-order chi connectivity index (χ0) is 14.1. The van der Waals surface area contributed by atoms with Gasteiger partial charge in [0.25, 0.3) is 0 Å². The van der Waals surface area contributed by atoms with Gasteiger partial charge >= 0.3 is 0 Å². The van der Waals surface area contributed by atoms with Crippen LogP contribution < -0.4 is 10.1 Å². The molecule has 0 bridgehead atoms. The lowest BCUT2D eigenvalue weighted by Crippen LogP contribution is -2.08. The first-order chi connectivity index (χ1) is 9.67. The SMILES string of the molecule is COc1ccc2c(c1)C(Nc1cc(Cl)ccc1C)CC2. The van der Waals surface area contributed by atoms with Crippen molar-refractivity contribution in [2.45, 2.75) is 25.8 Å². The summed E-state index contributed by atoms with van der Waals surface area (Å²) in [6.07, 6.45) is 2.21. The average molecular weight is 288 g/mol. The Hall–Kier alpha value is -1.67. The van der Waals surface area contributed by atoms with Crippen LogP contribution in [0.1, 0.15) is 29.2 Å². The van der Waals surface area contributed by atoms with E-state index >= 15 is 0 Å². The van der Waals surface area contributed by atoms with E-state index < -0.39 is 0 Å². The highest BCUT2D eigenvalue weighted by atomic mass is 35.5. The molecule has 3 rings (SSSR count). The van der Waals surface area contributed by atoms with Crippen molar-refractivity contribution < 1.29 is 4.74 Å². The maximum Gasteiger partial charge on any atom is 0.119 e. The summed E-state index contributed by atoms with van der Waals surface area (Å²) in [6, 6.07) is 12.6. The summed E-state index contributed by atoms with van der Waals surface area (Å²) < 4.78 is 5.33. The molecule has 0 aliphatic heterocycles. The van der Waals surface area contributed by atoms with E-state index in [0.717, 1.165) is 29.3 Å². The number of halogens is 1. The molecule has 0 saturated heterocycles. The fourth-order valence-electron chi connectivity index (χ4n) is 2.79. The monoisotopic (exact) mass is 287 g/mol. The Morgan fingerprint density at radius 3 is 2.85 bits per heavy atom. The summed E-state index contributed by atoms with van der Waals surface area (Å²) in [6.45, 7) is 2.10. The molecule has 3 heteroatoms. The molecule has 1 unspecified atom stereocenters. The van der Waals surface area contributed by atoms with Crippen LogP contribution in [-0.2, 0) is 6.42 Å². The molecule has 0 spiro atoms. The van der Waals surface area contributed by atoms with Crippen molar-refractivity contribution in [1.82, 2.24) is 0 Å². The topological polar surface area (TPSA) is 21.3 Å². The van der Waals surface area contributed by atoms with Crippen molar-refractivity contribution >= 4 is 17.3 Å². The van der Waals surface area contributed by atoms with E-state index in [9.17, 15) is 0 Å². The standard InChI is InChI=1S/C17H18ClNO/c1-11-3-6-13(18)9-17(11)19-16-8-5-12-4-7-14(20-2)10-15(12)16/h3-4,6-7,9-10,16,19H,5,8H2,1-2H3. The largest absolute Gasteiger partial charge is 0.497 e. The number of hydrogen-bond donors (Lipinski definition) is 1. The molecule has 2 aromatic carbocycles. The van der Waals surface area contributed by atoms with Gasteiger partial charge in [-0.1, -0.05) is 23.7 Å². The van der Waals surface area contributed by atoms with E-state index in [1.165, 1.54) is 16.7 Å². The molecule has 104 valence electrons. The van der Waals surface area contributed by atoms with Gasteiger partial charge in [-0.15, -0.1) is 0 Å². The van der Waals surface area contributed by atoms with Crippen LogP contribution in [0.2, 0.25) is 5.02 Å². The molecule has 0 saturated carbocycles. The van der Waals surface area contributed by atoms with Gasteiger partial charge < -0.3 is 10.1 Å². The van der Waals surface area contributed by atoms with Crippen LogP contribution in [0.4, 0.5) is 5.69 Å². The van der Waals surface area contributed by atoms with E-state index in [1.54, 1.807) is 7.11 Å². The number of fused-ring (bicyclic) bond motifs is 1. The first-order valence-corrected chi connectivity index (χ1v) is 7.24. The summed E-state index contributed by atoms with van der Waals surface area (Å²) >= 11 is 6.09. The van der Waals surface area contributed by atoms with E-state index in [4.69, 9.17) is 16.3 Å². The second-order valence-electron chi connectivity index (χ2n) is 5.26. The van der Waals surface area contributed by atoms with Gasteiger partial charge in [0.15, 0.2) is 0 Å². The number of anilines is 1. The molecule has 0 fully saturated rings. The Morgan fingerprint density at radius 2 is 2.05 bits per heavy atom. The number of rotatable bonds is 3. The third kappa shape index (κ3) is 2.48. The van der Waals surface area contributed by atoms with Gasteiger partial charge in [0.05, 0.1) is 13.2 Å². The van der Waals surface area contributed by atoms with Gasteiger partial charge in [0.2, 0.25) is 0 Å². The van der Waals surface area contributed by atoms with Gasteiger partial charge in [-0.3, -0.25) is 0 Å². The van der Waals surface area contributed by atoms with Crippen LogP contribution in [0.25, 0.3) is 0 Å². The minimum Gasteiger partial charge on any atom is -0.497 e. The Labute approximate surface area is 124 Å². The van der Waals surface area contributed by atoms with Gasteiger partial charge in [-0.2, -0.15) is 0 Å². The fourth-order valence-corrected chi connectivity index (χ4v) is 2.97. The molecule has 1 atom stereocenters. The van der Waals surface area contributed by atoms with Crippen molar-refractivity contribution in [3.05, 3.63) is 58.1 Å². The zero-order valence-electron chi connectivity index (χ0n) is 11.7. The summed E-state index contributed by atoms with van der Waals surface area (Å²) in [5.74, 6) is 0.917. The second-order valence-corrected chi connectivity index (χ2v) is 5.70. The van der Waals surface area contributed by atoms with Crippen molar-refractivity contribution in [2.24, 2.45) is 0 Å². The van der Waals surface area contributed by atoms with Crippen LogP contribution in [0.15, 0.2) is 36.4 Å². The highest BCUT2D eigenvalue weighted by Gasteiger charge is 2.23. The highest BCUT2D eigenvalue weighted by Crippen LogP contribution is 2.37. The predicted octanol–water partition coefficient (Wildman–Crippen LogP) is 4.76. The molecule has 2 aromatic rings. The fraction of sp³-hybridized carbons (Fsp3) is 0.294. The smallest absolute Gasteiger partial charge is 0.119 e. The number of benzene rings is 2. The Kier molecular flexibility index (Phi) is 3.58. The van der Waals surface area contributed by atoms with E-state index in [1.807, 2.05) is 24.3 Å². The molecule has 1 aliphatic carbocycles. The van der Waals surface area contributed by atoms with E-state index in [-0.39, 0.29) is 0 Å². The molecule has 20 heavy (non-hydrogen) atoms. The van der Waals surface area contributed by atoms with E-state index in [2.05, 4.69) is 24.4 Å². The van der Waals surface area contributed by atoms with Crippen LogP contribution in [0.5, 0.6) is 5.75 Å². The van der Waals surface area contributed by atoms with Crippen molar-refractivity contribution in [2.75, 3.05) is 12.4 Å². The zero-order valence-corrected chi connectivity index (χ0v) is 12.5. The van der Waals surface area contributed by atoms with Crippen LogP contribution in [-0.4, -0.2) is 7.11 Å². The molecular weight excluding hydrogens is 270 g/mol. The lowest BCUT2D eigenvalue weighted by Gasteiger charge is -2.18. The molecule has 1 N–H and O–H groups in total. The molecule has 1 aliphatic rings. The number of aryl methyl sites for hydroxylation is 2. The summed E-state index contributed by atoms with van der Waals surface area (Å²) in [5, 5.41) is 4.38. The minimum absolute atomic E-state index is 0.331. The van der Waals surface area contributed by atoms with Crippen molar-refractivity contribution in [3.63, 3.8) is 0 Å². The summed E-state index contributed by atoms with van der Waals surface area (Å²) in [4.78, 5) is 0. The lowest BCUT2D eigenvalue weighted by atomic mass is 10.1. The molecule has 2 nitrogen and oxygen atoms in total. The number of hydrogen-bond acceptors (Lipinski definition) is 2. The lowest BCUT2D eigenvalue weighted by molar-refractivity contribution is 0.414. The first kappa shape index (κ1) is 13.3. The molecule has 0 amide bonds. The summed E-state index contributed by atoms with van der Waals surface area (Å²) in [5.41, 5.74) is 5.07. The normalized spacial score (nSPS) is 16.9. The Balaban J connectivity index is 1.89. The van der Waals surface area contributed by atoms with Crippen LogP contribution >= 0.6 is 11.6 Å². The molecular formula is C17H18ClNO. The third-order valence-electron chi connectivity index (χ3n) is 3.96.